The van der Waals surface area contributed by atoms with Crippen LogP contribution in [-0.2, 0) is 9.53 Å². The van der Waals surface area contributed by atoms with Crippen molar-refractivity contribution in [2.75, 3.05) is 18.2 Å². The summed E-state index contributed by atoms with van der Waals surface area (Å²) in [4.78, 5) is 12.2. The number of rotatable bonds is 4. The average molecular weight is 380 g/mol. The molecule has 18 heavy (non-hydrogen) atoms. The van der Waals surface area contributed by atoms with Gasteiger partial charge in [-0.15, -0.1) is 0 Å². The van der Waals surface area contributed by atoms with Crippen molar-refractivity contribution in [2.24, 2.45) is 0 Å². The van der Waals surface area contributed by atoms with Crippen LogP contribution in [0.15, 0.2) is 21.1 Å². The van der Waals surface area contributed by atoms with Crippen LogP contribution >= 0.6 is 31.9 Å². The van der Waals surface area contributed by atoms with Gasteiger partial charge in [0.1, 0.15) is 5.60 Å². The van der Waals surface area contributed by atoms with Gasteiger partial charge < -0.3 is 15.8 Å². The minimum atomic E-state index is -0.847. The lowest BCUT2D eigenvalue weighted by Crippen LogP contribution is -2.41. The summed E-state index contributed by atoms with van der Waals surface area (Å²) in [6.07, 6.45) is 0.583. The van der Waals surface area contributed by atoms with Crippen LogP contribution in [0.25, 0.3) is 0 Å². The zero-order valence-electron chi connectivity index (χ0n) is 10.5. The van der Waals surface area contributed by atoms with E-state index in [1.165, 1.54) is 7.11 Å². The highest BCUT2D eigenvalue weighted by Gasteiger charge is 2.31. The Hall–Kier alpha value is -0.590. The van der Waals surface area contributed by atoms with Gasteiger partial charge >= 0.3 is 0 Å². The van der Waals surface area contributed by atoms with Gasteiger partial charge in [-0.05, 0) is 57.3 Å². The molecule has 1 rings (SSSR count). The molecule has 1 atom stereocenters. The minimum absolute atomic E-state index is 0.196. The number of benzene rings is 1. The Morgan fingerprint density at radius 2 is 1.94 bits per heavy atom. The van der Waals surface area contributed by atoms with E-state index in [2.05, 4.69) is 37.2 Å². The van der Waals surface area contributed by atoms with E-state index in [4.69, 9.17) is 10.5 Å². The molecule has 1 unspecified atom stereocenters. The molecule has 1 amide bonds. The number of carbonyl (C=O) groups is 1. The molecule has 1 aromatic rings. The van der Waals surface area contributed by atoms with Crippen molar-refractivity contribution in [2.45, 2.75) is 25.9 Å². The summed E-state index contributed by atoms with van der Waals surface area (Å²) < 4.78 is 6.70. The summed E-state index contributed by atoms with van der Waals surface area (Å²) in [6.45, 7) is 3.65. The fourth-order valence-corrected chi connectivity index (χ4v) is 2.78. The smallest absolute Gasteiger partial charge is 0.256 e. The Kier molecular flexibility index (Phi) is 5.19. The van der Waals surface area contributed by atoms with Crippen molar-refractivity contribution < 1.29 is 9.53 Å². The molecular weight excluding hydrogens is 364 g/mol. The van der Waals surface area contributed by atoms with Crippen molar-refractivity contribution in [1.29, 1.82) is 0 Å². The van der Waals surface area contributed by atoms with Gasteiger partial charge in [0.25, 0.3) is 5.91 Å². The second-order valence-electron chi connectivity index (χ2n) is 4.10. The van der Waals surface area contributed by atoms with E-state index in [1.807, 2.05) is 6.92 Å². The molecule has 0 fully saturated rings. The summed E-state index contributed by atoms with van der Waals surface area (Å²) in [5, 5.41) is 2.83. The van der Waals surface area contributed by atoms with E-state index in [0.29, 0.717) is 17.8 Å². The van der Waals surface area contributed by atoms with Crippen molar-refractivity contribution in [1.82, 2.24) is 0 Å². The lowest BCUT2D eigenvalue weighted by atomic mass is 10.0. The Labute approximate surface area is 124 Å². The molecule has 0 saturated carbocycles. The van der Waals surface area contributed by atoms with Gasteiger partial charge in [-0.2, -0.15) is 0 Å². The van der Waals surface area contributed by atoms with Crippen LogP contribution in [0.2, 0.25) is 0 Å². The molecule has 0 aromatic heterocycles. The Balaban J connectivity index is 3.02. The number of hydrogen-bond acceptors (Lipinski definition) is 3. The van der Waals surface area contributed by atoms with Crippen molar-refractivity contribution in [3.8, 4) is 0 Å². The van der Waals surface area contributed by atoms with Crippen molar-refractivity contribution in [3.63, 3.8) is 0 Å². The standard InChI is InChI=1S/C12H16Br2N2O2/c1-4-12(2,18-3)11(17)16-10-8(13)5-7(15)6-9(10)14/h5-6H,4,15H2,1-3H3,(H,16,17). The monoisotopic (exact) mass is 378 g/mol. The first-order chi connectivity index (χ1) is 8.34. The molecular formula is C12H16Br2N2O2. The van der Waals surface area contributed by atoms with Crippen molar-refractivity contribution in [3.05, 3.63) is 21.1 Å². The van der Waals surface area contributed by atoms with Crippen LogP contribution in [0.4, 0.5) is 11.4 Å². The molecule has 0 aliphatic rings. The number of anilines is 2. The molecule has 0 bridgehead atoms. The predicted octanol–water partition coefficient (Wildman–Crippen LogP) is 3.55. The van der Waals surface area contributed by atoms with Gasteiger partial charge in [0.05, 0.1) is 5.69 Å². The lowest BCUT2D eigenvalue weighted by molar-refractivity contribution is -0.136. The largest absolute Gasteiger partial charge is 0.399 e. The highest BCUT2D eigenvalue weighted by Crippen LogP contribution is 2.34. The third-order valence-electron chi connectivity index (χ3n) is 2.91. The lowest BCUT2D eigenvalue weighted by Gasteiger charge is -2.25. The van der Waals surface area contributed by atoms with Crippen molar-refractivity contribution >= 4 is 49.1 Å². The highest BCUT2D eigenvalue weighted by atomic mass is 79.9. The minimum Gasteiger partial charge on any atom is -0.399 e. The molecule has 3 N–H and O–H groups in total. The molecule has 0 spiro atoms. The summed E-state index contributed by atoms with van der Waals surface area (Å²) in [7, 11) is 1.52. The van der Waals surface area contributed by atoms with E-state index >= 15 is 0 Å². The topological polar surface area (TPSA) is 64.3 Å². The number of ether oxygens (including phenoxy) is 1. The summed E-state index contributed by atoms with van der Waals surface area (Å²) in [5.41, 5.74) is 6.11. The maximum absolute atomic E-state index is 12.2. The predicted molar refractivity (Wildman–Crippen MR) is 80.6 cm³/mol. The van der Waals surface area contributed by atoms with E-state index in [-0.39, 0.29) is 5.91 Å². The van der Waals surface area contributed by atoms with Gasteiger partial charge in [0.2, 0.25) is 0 Å². The summed E-state index contributed by atoms with van der Waals surface area (Å²) in [6, 6.07) is 3.47. The summed E-state index contributed by atoms with van der Waals surface area (Å²) in [5.74, 6) is -0.196. The van der Waals surface area contributed by atoms with Gasteiger partial charge in [-0.25, -0.2) is 0 Å². The van der Waals surface area contributed by atoms with Crippen LogP contribution in [0.3, 0.4) is 0 Å². The zero-order valence-corrected chi connectivity index (χ0v) is 13.7. The molecule has 0 radical (unpaired) electrons. The highest BCUT2D eigenvalue weighted by molar-refractivity contribution is 9.11. The van der Waals surface area contributed by atoms with E-state index < -0.39 is 5.60 Å². The van der Waals surface area contributed by atoms with Crippen LogP contribution < -0.4 is 11.1 Å². The van der Waals surface area contributed by atoms with E-state index in [0.717, 1.165) is 8.95 Å². The average Bonchev–Trinajstić information content (AvgIpc) is 2.32. The van der Waals surface area contributed by atoms with E-state index in [1.54, 1.807) is 19.1 Å². The fourth-order valence-electron chi connectivity index (χ4n) is 1.36. The quantitative estimate of drug-likeness (QED) is 0.786. The van der Waals surface area contributed by atoms with Gasteiger partial charge in [-0.3, -0.25) is 4.79 Å². The van der Waals surface area contributed by atoms with Gasteiger partial charge in [0, 0.05) is 21.7 Å². The number of hydrogen-bond donors (Lipinski definition) is 2. The molecule has 4 nitrogen and oxygen atoms in total. The first-order valence-electron chi connectivity index (χ1n) is 5.45. The number of amides is 1. The fraction of sp³-hybridized carbons (Fsp3) is 0.417. The van der Waals surface area contributed by atoms with Crippen LogP contribution in [0.5, 0.6) is 0 Å². The third-order valence-corrected chi connectivity index (χ3v) is 4.16. The molecule has 1 aromatic carbocycles. The number of nitrogens with two attached hydrogens (primary N) is 1. The van der Waals surface area contributed by atoms with Crippen LogP contribution in [0, 0.1) is 0 Å². The zero-order chi connectivity index (χ0) is 13.9. The molecule has 0 aliphatic heterocycles. The number of nitrogen functional groups attached to an aromatic ring is 1. The Morgan fingerprint density at radius 3 is 2.33 bits per heavy atom. The molecule has 0 aliphatic carbocycles. The summed E-state index contributed by atoms with van der Waals surface area (Å²) >= 11 is 6.74. The van der Waals surface area contributed by atoms with Gasteiger partial charge in [-0.1, -0.05) is 6.92 Å². The first-order valence-corrected chi connectivity index (χ1v) is 7.03. The van der Waals surface area contributed by atoms with E-state index in [9.17, 15) is 4.79 Å². The third kappa shape index (κ3) is 3.24. The van der Waals surface area contributed by atoms with Gasteiger partial charge in [0.15, 0.2) is 0 Å². The Morgan fingerprint density at radius 1 is 1.44 bits per heavy atom. The molecule has 100 valence electrons. The molecule has 0 saturated heterocycles. The normalized spacial score (nSPS) is 14.1. The first kappa shape index (κ1) is 15.5. The Bertz CT molecular complexity index is 436. The number of nitrogens with one attached hydrogen (secondary N) is 1. The maximum atomic E-state index is 12.2. The number of carbonyl (C=O) groups excluding carboxylic acids is 1. The number of methoxy groups -OCH3 is 1. The number of halogens is 2. The maximum Gasteiger partial charge on any atom is 0.256 e. The molecule has 0 heterocycles. The SMILES string of the molecule is CCC(C)(OC)C(=O)Nc1c(Br)cc(N)cc1Br. The second kappa shape index (κ2) is 6.04. The second-order valence-corrected chi connectivity index (χ2v) is 5.81. The molecule has 6 heteroatoms. The van der Waals surface area contributed by atoms with Crippen LogP contribution in [-0.4, -0.2) is 18.6 Å². The van der Waals surface area contributed by atoms with Crippen LogP contribution in [0.1, 0.15) is 20.3 Å².